The highest BCUT2D eigenvalue weighted by Gasteiger charge is 2.37. The van der Waals surface area contributed by atoms with Crippen LogP contribution in [0.2, 0.25) is 0 Å². The number of Topliss-reactive ketones (excluding diaryl/α,β-unsaturated/α-hetero) is 1. The molecule has 0 aromatic heterocycles. The summed E-state index contributed by atoms with van der Waals surface area (Å²) in [7, 11) is 1.78. The molecule has 0 saturated heterocycles. The molecular weight excluding hydrogens is 997 g/mol. The van der Waals surface area contributed by atoms with Gasteiger partial charge in [-0.15, -0.1) is 0 Å². The van der Waals surface area contributed by atoms with Gasteiger partial charge in [-0.05, 0) is 204 Å². The molecule has 8 aromatic carbocycles. The van der Waals surface area contributed by atoms with Crippen LogP contribution in [0.3, 0.4) is 0 Å². The van der Waals surface area contributed by atoms with Crippen molar-refractivity contribution in [2.24, 2.45) is 0 Å². The van der Waals surface area contributed by atoms with Crippen LogP contribution in [0.15, 0.2) is 182 Å². The Morgan fingerprint density at radius 2 is 0.802 bits per heavy atom. The molecule has 7 heteroatoms. The van der Waals surface area contributed by atoms with Crippen molar-refractivity contribution >= 4 is 46.1 Å². The summed E-state index contributed by atoms with van der Waals surface area (Å²) in [5.41, 5.74) is 18.6. The zero-order valence-electron chi connectivity index (χ0n) is 48.8. The summed E-state index contributed by atoms with van der Waals surface area (Å²) in [4.78, 5) is 29.4. The molecule has 1 saturated carbocycles. The Kier molecular flexibility index (Phi) is 20.0. The first-order valence-electron chi connectivity index (χ1n) is 29.6. The molecule has 1 fully saturated rings. The van der Waals surface area contributed by atoms with Gasteiger partial charge in [0.25, 0.3) is 0 Å². The predicted molar refractivity (Wildman–Crippen MR) is 334 cm³/mol. The highest BCUT2D eigenvalue weighted by molar-refractivity contribution is 5.78. The van der Waals surface area contributed by atoms with Crippen LogP contribution in [0.25, 0.3) is 0 Å². The van der Waals surface area contributed by atoms with Gasteiger partial charge in [0.2, 0.25) is 0 Å². The highest BCUT2D eigenvalue weighted by Crippen LogP contribution is 2.47. The number of carbonyl (C=O) groups is 2. The Morgan fingerprint density at radius 1 is 0.432 bits per heavy atom. The summed E-state index contributed by atoms with van der Waals surface area (Å²) in [5.74, 6) is 1.70. The lowest BCUT2D eigenvalue weighted by Crippen LogP contribution is -2.31. The monoisotopic (exact) mass is 1080 g/mol. The maximum absolute atomic E-state index is 13.5. The molecular formula is C74H82N2O5. The Hall–Kier alpha value is -7.90. The fourth-order valence-electron chi connectivity index (χ4n) is 11.7. The lowest BCUT2D eigenvalue weighted by atomic mass is 9.64. The van der Waals surface area contributed by atoms with Gasteiger partial charge >= 0.3 is 6.16 Å². The van der Waals surface area contributed by atoms with E-state index in [1.807, 2.05) is 6.07 Å². The zero-order chi connectivity index (χ0) is 56.6. The summed E-state index contributed by atoms with van der Waals surface area (Å²) in [6, 6.07) is 66.2. The number of rotatable bonds is 25. The molecule has 0 amide bonds. The van der Waals surface area contributed by atoms with E-state index in [9.17, 15) is 9.59 Å². The van der Waals surface area contributed by atoms with Gasteiger partial charge in [-0.2, -0.15) is 0 Å². The number of hydrogen-bond acceptors (Lipinski definition) is 7. The number of nitrogens with zero attached hydrogens (tertiary/aromatic N) is 2. The van der Waals surface area contributed by atoms with E-state index in [-0.39, 0.29) is 11.2 Å². The van der Waals surface area contributed by atoms with Crippen molar-refractivity contribution in [3.63, 3.8) is 0 Å². The van der Waals surface area contributed by atoms with Crippen LogP contribution in [0.1, 0.15) is 140 Å². The molecule has 0 heterocycles. The minimum absolute atomic E-state index is 0.229. The van der Waals surface area contributed by atoms with E-state index < -0.39 is 6.16 Å². The van der Waals surface area contributed by atoms with E-state index in [4.69, 9.17) is 14.2 Å². The molecule has 1 aliphatic rings. The van der Waals surface area contributed by atoms with E-state index in [0.29, 0.717) is 25.2 Å². The van der Waals surface area contributed by atoms with Gasteiger partial charge in [-0.3, -0.25) is 0 Å². The average molecular weight is 1080 g/mol. The third-order valence-corrected chi connectivity index (χ3v) is 16.4. The minimum atomic E-state index is -0.668. The Bertz CT molecular complexity index is 3200. The second-order valence-electron chi connectivity index (χ2n) is 22.6. The molecule has 0 aliphatic heterocycles. The fraction of sp³-hybridized carbons (Fsp3) is 0.324. The van der Waals surface area contributed by atoms with Gasteiger partial charge in [0.15, 0.2) is 0 Å². The summed E-state index contributed by atoms with van der Waals surface area (Å²) >= 11 is 0. The van der Waals surface area contributed by atoms with Gasteiger partial charge in [0, 0.05) is 46.0 Å². The maximum Gasteiger partial charge on any atom is 0.513 e. The van der Waals surface area contributed by atoms with Crippen molar-refractivity contribution in [3.05, 3.63) is 238 Å². The van der Waals surface area contributed by atoms with Crippen molar-refractivity contribution < 1.29 is 23.8 Å². The van der Waals surface area contributed by atoms with Gasteiger partial charge in [-0.1, -0.05) is 164 Å². The number of ether oxygens (including phenoxy) is 3. The smallest absolute Gasteiger partial charge is 0.496 e. The SMILES string of the molecule is COc1ccc(C2(c3ccc(OC(=O)OCCCCCCCCC(C)=O)c(CCc4ccc(N(c5ccc(C)cc5)c5ccc(C)cc5)cc4)c3)CCCCC2)cc1CCc1ccc(N(c2ccc(C)cc2)c2ccc(C)cc2)cc1. The zero-order valence-corrected chi connectivity index (χ0v) is 48.8. The van der Waals surface area contributed by atoms with E-state index in [0.717, 1.165) is 129 Å². The number of carbonyl (C=O) groups excluding carboxylic acids is 2. The fourth-order valence-corrected chi connectivity index (χ4v) is 11.7. The Labute approximate surface area is 482 Å². The van der Waals surface area contributed by atoms with Crippen molar-refractivity contribution in [2.45, 2.75) is 143 Å². The van der Waals surface area contributed by atoms with E-state index >= 15 is 0 Å². The average Bonchev–Trinajstić information content (AvgIpc) is 3.48. The number of unbranched alkanes of at least 4 members (excludes halogenated alkanes) is 5. The maximum atomic E-state index is 13.5. The number of aryl methyl sites for hydroxylation is 8. The predicted octanol–water partition coefficient (Wildman–Crippen LogP) is 19.5. The van der Waals surface area contributed by atoms with Gasteiger partial charge in [-0.25, -0.2) is 4.79 Å². The lowest BCUT2D eigenvalue weighted by Gasteiger charge is -2.39. The number of hydrogen-bond donors (Lipinski definition) is 0. The van der Waals surface area contributed by atoms with E-state index in [1.54, 1.807) is 14.0 Å². The Morgan fingerprint density at radius 3 is 1.21 bits per heavy atom. The number of ketones is 1. The van der Waals surface area contributed by atoms with E-state index in [1.165, 1.54) is 56.5 Å². The number of anilines is 6. The van der Waals surface area contributed by atoms with Crippen LogP contribution in [0.5, 0.6) is 11.5 Å². The normalized spacial score (nSPS) is 12.9. The van der Waals surface area contributed by atoms with Crippen molar-refractivity contribution in [2.75, 3.05) is 23.5 Å². The third-order valence-electron chi connectivity index (χ3n) is 16.4. The molecule has 81 heavy (non-hydrogen) atoms. The lowest BCUT2D eigenvalue weighted by molar-refractivity contribution is -0.117. The molecule has 7 nitrogen and oxygen atoms in total. The first kappa shape index (κ1) is 57.8. The van der Waals surface area contributed by atoms with Crippen LogP contribution in [0.4, 0.5) is 38.9 Å². The standard InChI is InChI=1S/C74H82N2O5/c1-54-17-35-65(36-18-54)75(66-37-19-55(2)20-38-66)69-43-27-59(28-44-69)25-31-61-52-63(33-47-71(61)79-6)74(49-13-11-14-50-74)64-34-48-72(81-73(78)80-51-15-10-8-7-9-12-16-58(5)77)62(53-64)32-26-60-29-45-70(46-30-60)76(67-39-21-56(3)22-40-67)68-41-23-57(4)24-42-68/h17-24,27-30,33-48,52-53H,7-16,25-26,31-32,49-51H2,1-6H3. The van der Waals surface area contributed by atoms with Crippen LogP contribution in [0, 0.1) is 27.7 Å². The molecule has 0 N–H and O–H groups in total. The summed E-state index contributed by atoms with van der Waals surface area (Å²) in [5, 5.41) is 0. The third kappa shape index (κ3) is 15.3. The van der Waals surface area contributed by atoms with E-state index in [2.05, 4.69) is 213 Å². The van der Waals surface area contributed by atoms with Gasteiger partial charge < -0.3 is 28.8 Å². The topological polar surface area (TPSA) is 68.3 Å². The van der Waals surface area contributed by atoms with Crippen molar-refractivity contribution in [1.29, 1.82) is 0 Å². The minimum Gasteiger partial charge on any atom is -0.496 e. The van der Waals surface area contributed by atoms with Gasteiger partial charge in [0.05, 0.1) is 13.7 Å². The van der Waals surface area contributed by atoms with Crippen LogP contribution in [-0.2, 0) is 40.6 Å². The summed E-state index contributed by atoms with van der Waals surface area (Å²) in [6.45, 7) is 10.5. The summed E-state index contributed by atoms with van der Waals surface area (Å²) < 4.78 is 17.9. The second kappa shape index (κ2) is 28.0. The molecule has 8 aromatic rings. The molecule has 9 rings (SSSR count). The molecule has 1 aliphatic carbocycles. The van der Waals surface area contributed by atoms with Gasteiger partial charge in [0.1, 0.15) is 17.3 Å². The van der Waals surface area contributed by atoms with Crippen molar-refractivity contribution in [3.8, 4) is 11.5 Å². The van der Waals surface area contributed by atoms with Crippen molar-refractivity contribution in [1.82, 2.24) is 0 Å². The highest BCUT2D eigenvalue weighted by atomic mass is 16.7. The Balaban J connectivity index is 0.959. The summed E-state index contributed by atoms with van der Waals surface area (Å²) in [6.07, 6.45) is 14.5. The number of benzene rings is 8. The first-order chi connectivity index (χ1) is 39.4. The van der Waals surface area contributed by atoms with Crippen LogP contribution < -0.4 is 19.3 Å². The molecule has 0 bridgehead atoms. The molecule has 0 spiro atoms. The van der Waals surface area contributed by atoms with Crippen LogP contribution in [-0.4, -0.2) is 25.7 Å². The molecule has 0 radical (unpaired) electrons. The first-order valence-corrected chi connectivity index (χ1v) is 29.6. The number of methoxy groups -OCH3 is 1. The molecule has 0 unspecified atom stereocenters. The second-order valence-corrected chi connectivity index (χ2v) is 22.6. The largest absolute Gasteiger partial charge is 0.513 e. The molecule has 0 atom stereocenters. The quantitative estimate of drug-likeness (QED) is 0.0321. The van der Waals surface area contributed by atoms with Crippen LogP contribution >= 0.6 is 0 Å². The molecule has 418 valence electrons.